The summed E-state index contributed by atoms with van der Waals surface area (Å²) >= 11 is 0. The van der Waals surface area contributed by atoms with Gasteiger partial charge in [0.1, 0.15) is 7.85 Å². The lowest BCUT2D eigenvalue weighted by atomic mass is 10.0. The molecule has 1 rings (SSSR count). The average Bonchev–Trinajstić information content (AvgIpc) is 2.14. The van der Waals surface area contributed by atoms with Crippen molar-refractivity contribution < 1.29 is 14.6 Å². The van der Waals surface area contributed by atoms with Crippen molar-refractivity contribution in [2.24, 2.45) is 0 Å². The molecule has 0 unspecified atom stereocenters. The Morgan fingerprint density at radius 2 is 2.50 bits per heavy atom. The Balaban J connectivity index is 2.22. The third-order valence-corrected chi connectivity index (χ3v) is 0.922. The molecular formula is C4H7BO3. The van der Waals surface area contributed by atoms with E-state index >= 15 is 0 Å². The summed E-state index contributed by atoms with van der Waals surface area (Å²) < 4.78 is 9.63. The van der Waals surface area contributed by atoms with Gasteiger partial charge in [0.25, 0.3) is 0 Å². The predicted octanol–water partition coefficient (Wildman–Crippen LogP) is -1.15. The van der Waals surface area contributed by atoms with Crippen LogP contribution < -0.4 is 0 Å². The molecule has 2 atom stereocenters. The molecule has 2 radical (unpaired) electrons. The Labute approximate surface area is 49.0 Å². The minimum Gasteiger partial charge on any atom is -0.391 e. The zero-order chi connectivity index (χ0) is 5.98. The molecule has 3 nitrogen and oxygen atoms in total. The van der Waals surface area contributed by atoms with Crippen molar-refractivity contribution in [3.05, 3.63) is 0 Å². The van der Waals surface area contributed by atoms with Crippen LogP contribution in [0.2, 0.25) is 0 Å². The first kappa shape index (κ1) is 6.07. The van der Waals surface area contributed by atoms with Gasteiger partial charge in [-0.1, -0.05) is 0 Å². The molecule has 1 saturated heterocycles. The number of aliphatic hydroxyl groups excluding tert-OH is 1. The number of rotatable bonds is 1. The van der Waals surface area contributed by atoms with Gasteiger partial charge in [0.2, 0.25) is 0 Å². The molecule has 44 valence electrons. The molecule has 0 spiro atoms. The highest BCUT2D eigenvalue weighted by Gasteiger charge is 2.20. The summed E-state index contributed by atoms with van der Waals surface area (Å²) in [6, 6.07) is -0.354. The molecule has 1 aliphatic heterocycles. The number of aliphatic hydroxyl groups is 1. The highest BCUT2D eigenvalue weighted by atomic mass is 16.7. The molecule has 1 aliphatic rings. The van der Waals surface area contributed by atoms with Crippen LogP contribution in [-0.2, 0) is 9.47 Å². The summed E-state index contributed by atoms with van der Waals surface area (Å²) in [6.07, 6.45) is -0.495. The summed E-state index contributed by atoms with van der Waals surface area (Å²) in [4.78, 5) is 0. The van der Waals surface area contributed by atoms with Gasteiger partial charge >= 0.3 is 0 Å². The van der Waals surface area contributed by atoms with Gasteiger partial charge in [0.15, 0.2) is 6.29 Å². The summed E-state index contributed by atoms with van der Waals surface area (Å²) in [5.41, 5.74) is 0. The topological polar surface area (TPSA) is 38.7 Å². The van der Waals surface area contributed by atoms with Crippen molar-refractivity contribution in [2.45, 2.75) is 12.3 Å². The lowest BCUT2D eigenvalue weighted by Gasteiger charge is -2.03. The first-order valence-corrected chi connectivity index (χ1v) is 2.46. The molecule has 0 aromatic rings. The summed E-state index contributed by atoms with van der Waals surface area (Å²) in [5.74, 6) is 0. The van der Waals surface area contributed by atoms with Gasteiger partial charge in [-0.3, -0.25) is 0 Å². The van der Waals surface area contributed by atoms with Crippen LogP contribution in [-0.4, -0.2) is 38.5 Å². The second-order valence-corrected chi connectivity index (χ2v) is 1.62. The molecule has 4 heteroatoms. The van der Waals surface area contributed by atoms with Crippen molar-refractivity contribution in [3.8, 4) is 0 Å². The van der Waals surface area contributed by atoms with Gasteiger partial charge in [-0.25, -0.2) is 0 Å². The fraction of sp³-hybridized carbons (Fsp3) is 1.00. The predicted molar refractivity (Wildman–Crippen MR) is 27.5 cm³/mol. The Morgan fingerprint density at radius 3 is 2.75 bits per heavy atom. The number of hydrogen-bond donors (Lipinski definition) is 1. The van der Waals surface area contributed by atoms with E-state index in [-0.39, 0.29) is 12.6 Å². The van der Waals surface area contributed by atoms with E-state index in [1.54, 1.807) is 0 Å². The molecule has 0 aliphatic carbocycles. The fourth-order valence-electron chi connectivity index (χ4n) is 0.571. The molecule has 1 fully saturated rings. The summed E-state index contributed by atoms with van der Waals surface area (Å²) in [6.45, 7) is 0.263. The average molecular weight is 114 g/mol. The monoisotopic (exact) mass is 114 g/mol. The lowest BCUT2D eigenvalue weighted by molar-refractivity contribution is -0.0789. The van der Waals surface area contributed by atoms with Gasteiger partial charge < -0.3 is 14.6 Å². The molecule has 1 N–H and O–H groups in total. The maximum absolute atomic E-state index is 8.38. The van der Waals surface area contributed by atoms with Crippen molar-refractivity contribution in [1.82, 2.24) is 0 Å². The van der Waals surface area contributed by atoms with Crippen molar-refractivity contribution in [3.63, 3.8) is 0 Å². The van der Waals surface area contributed by atoms with Crippen LogP contribution in [0.3, 0.4) is 0 Å². The van der Waals surface area contributed by atoms with Gasteiger partial charge in [-0.15, -0.1) is 0 Å². The minimum atomic E-state index is -0.495. The molecule has 8 heavy (non-hydrogen) atoms. The first-order valence-electron chi connectivity index (χ1n) is 2.46. The quantitative estimate of drug-likeness (QED) is 0.437. The molecule has 0 amide bonds. The van der Waals surface area contributed by atoms with Gasteiger partial charge in [0, 0.05) is 6.00 Å². The highest BCUT2D eigenvalue weighted by molar-refractivity contribution is 6.11. The van der Waals surface area contributed by atoms with E-state index in [2.05, 4.69) is 0 Å². The Kier molecular flexibility index (Phi) is 1.88. The van der Waals surface area contributed by atoms with Crippen LogP contribution in [0.1, 0.15) is 0 Å². The SMILES string of the molecule is [B][C@H]1CO[C@H](CO)O1. The first-order chi connectivity index (χ1) is 3.83. The fourth-order valence-corrected chi connectivity index (χ4v) is 0.571. The third-order valence-electron chi connectivity index (χ3n) is 0.922. The highest BCUT2D eigenvalue weighted by Crippen LogP contribution is 2.06. The second kappa shape index (κ2) is 2.48. The van der Waals surface area contributed by atoms with E-state index in [1.165, 1.54) is 0 Å². The van der Waals surface area contributed by atoms with Crippen LogP contribution in [0.25, 0.3) is 0 Å². The second-order valence-electron chi connectivity index (χ2n) is 1.62. The maximum atomic E-state index is 8.38. The Hall–Kier alpha value is -0.0551. The van der Waals surface area contributed by atoms with E-state index in [0.29, 0.717) is 6.61 Å². The molecule has 0 aromatic heterocycles. The van der Waals surface area contributed by atoms with Crippen molar-refractivity contribution in [1.29, 1.82) is 0 Å². The molecular weight excluding hydrogens is 107 g/mol. The Morgan fingerprint density at radius 1 is 1.75 bits per heavy atom. The third kappa shape index (κ3) is 1.21. The van der Waals surface area contributed by atoms with Crippen LogP contribution in [0.15, 0.2) is 0 Å². The van der Waals surface area contributed by atoms with Crippen molar-refractivity contribution >= 4 is 7.85 Å². The molecule has 0 bridgehead atoms. The molecule has 0 saturated carbocycles. The number of hydrogen-bond acceptors (Lipinski definition) is 3. The van der Waals surface area contributed by atoms with Crippen LogP contribution in [0, 0.1) is 0 Å². The lowest BCUT2D eigenvalue weighted by Crippen LogP contribution is -2.15. The normalized spacial score (nSPS) is 38.1. The Bertz CT molecular complexity index is 77.7. The zero-order valence-corrected chi connectivity index (χ0v) is 4.41. The smallest absolute Gasteiger partial charge is 0.180 e. The van der Waals surface area contributed by atoms with E-state index in [1.807, 2.05) is 0 Å². The maximum Gasteiger partial charge on any atom is 0.180 e. The van der Waals surface area contributed by atoms with E-state index in [9.17, 15) is 0 Å². The molecule has 1 heterocycles. The van der Waals surface area contributed by atoms with Gasteiger partial charge in [-0.2, -0.15) is 0 Å². The molecule has 0 aromatic carbocycles. The van der Waals surface area contributed by atoms with E-state index in [0.717, 1.165) is 0 Å². The summed E-state index contributed by atoms with van der Waals surface area (Å²) in [7, 11) is 5.24. The van der Waals surface area contributed by atoms with Crippen LogP contribution in [0.5, 0.6) is 0 Å². The van der Waals surface area contributed by atoms with Crippen molar-refractivity contribution in [2.75, 3.05) is 13.2 Å². The zero-order valence-electron chi connectivity index (χ0n) is 4.41. The van der Waals surface area contributed by atoms with Gasteiger partial charge in [0.05, 0.1) is 13.2 Å². The minimum absolute atomic E-state index is 0.117. The summed E-state index contributed by atoms with van der Waals surface area (Å²) in [5, 5.41) is 8.38. The number of ether oxygens (including phenoxy) is 2. The standard InChI is InChI=1S/C4H7BO3/c5-3-2-7-4(1-6)8-3/h3-4,6H,1-2H2/t3-,4+/m1/s1. The van der Waals surface area contributed by atoms with E-state index < -0.39 is 6.29 Å². The van der Waals surface area contributed by atoms with Crippen LogP contribution in [0.4, 0.5) is 0 Å². The van der Waals surface area contributed by atoms with Crippen LogP contribution >= 0.6 is 0 Å². The van der Waals surface area contributed by atoms with Gasteiger partial charge in [-0.05, 0) is 0 Å². The van der Waals surface area contributed by atoms with E-state index in [4.69, 9.17) is 22.4 Å². The largest absolute Gasteiger partial charge is 0.391 e.